The minimum absolute atomic E-state index is 0.180. The molecule has 0 saturated carbocycles. The average Bonchev–Trinajstić information content (AvgIpc) is 2.42. The van der Waals surface area contributed by atoms with Crippen molar-refractivity contribution in [3.05, 3.63) is 29.6 Å². The summed E-state index contributed by atoms with van der Waals surface area (Å²) in [5.74, 6) is 4.68. The lowest BCUT2D eigenvalue weighted by Gasteiger charge is -2.19. The maximum absolute atomic E-state index is 11.3. The highest BCUT2D eigenvalue weighted by Gasteiger charge is 2.08. The van der Waals surface area contributed by atoms with Crippen molar-refractivity contribution >= 4 is 5.91 Å². The highest BCUT2D eigenvalue weighted by atomic mass is 16.3. The molecule has 1 amide bonds. The van der Waals surface area contributed by atoms with E-state index in [1.54, 1.807) is 12.1 Å². The standard InChI is InChI=1S/C12H20N4O2/c1-2-16(7-4-8-17)9-10-5-3-6-11(14-10)12(18)15-13/h3,5-6,17H,2,4,7-9,13H2,1H3,(H,15,18). The molecule has 1 aromatic heterocycles. The summed E-state index contributed by atoms with van der Waals surface area (Å²) >= 11 is 0. The molecule has 100 valence electrons. The van der Waals surface area contributed by atoms with Crippen LogP contribution in [0, 0.1) is 0 Å². The Morgan fingerprint density at radius 1 is 1.56 bits per heavy atom. The van der Waals surface area contributed by atoms with Gasteiger partial charge in [0.2, 0.25) is 0 Å². The Hall–Kier alpha value is -1.50. The van der Waals surface area contributed by atoms with Gasteiger partial charge in [-0.2, -0.15) is 0 Å². The van der Waals surface area contributed by atoms with Gasteiger partial charge in [-0.15, -0.1) is 0 Å². The van der Waals surface area contributed by atoms with Crippen molar-refractivity contribution in [2.75, 3.05) is 19.7 Å². The molecule has 0 aliphatic rings. The molecule has 0 radical (unpaired) electrons. The molecule has 0 bridgehead atoms. The van der Waals surface area contributed by atoms with Gasteiger partial charge in [-0.05, 0) is 25.1 Å². The zero-order valence-electron chi connectivity index (χ0n) is 10.6. The number of nitrogen functional groups attached to an aromatic ring is 1. The number of hydrazine groups is 1. The molecule has 0 aliphatic heterocycles. The van der Waals surface area contributed by atoms with E-state index < -0.39 is 5.91 Å². The van der Waals surface area contributed by atoms with Crippen LogP contribution in [0.2, 0.25) is 0 Å². The highest BCUT2D eigenvalue weighted by Crippen LogP contribution is 2.04. The lowest BCUT2D eigenvalue weighted by molar-refractivity contribution is 0.0948. The van der Waals surface area contributed by atoms with Crippen molar-refractivity contribution in [3.8, 4) is 0 Å². The van der Waals surface area contributed by atoms with E-state index in [0.29, 0.717) is 12.2 Å². The van der Waals surface area contributed by atoms with Crippen molar-refractivity contribution in [2.24, 2.45) is 5.84 Å². The number of aliphatic hydroxyl groups excluding tert-OH is 1. The van der Waals surface area contributed by atoms with Gasteiger partial charge in [-0.25, -0.2) is 10.8 Å². The number of hydrogen-bond acceptors (Lipinski definition) is 5. The molecule has 1 rings (SSSR count). The zero-order valence-corrected chi connectivity index (χ0v) is 10.6. The van der Waals surface area contributed by atoms with Crippen molar-refractivity contribution in [3.63, 3.8) is 0 Å². The van der Waals surface area contributed by atoms with Gasteiger partial charge in [0, 0.05) is 19.7 Å². The maximum atomic E-state index is 11.3. The van der Waals surface area contributed by atoms with Crippen LogP contribution in [0.5, 0.6) is 0 Å². The largest absolute Gasteiger partial charge is 0.396 e. The van der Waals surface area contributed by atoms with Gasteiger partial charge in [0.1, 0.15) is 5.69 Å². The fraction of sp³-hybridized carbons (Fsp3) is 0.500. The fourth-order valence-corrected chi connectivity index (χ4v) is 1.64. The lowest BCUT2D eigenvalue weighted by Crippen LogP contribution is -2.31. The van der Waals surface area contributed by atoms with E-state index in [4.69, 9.17) is 10.9 Å². The normalized spacial score (nSPS) is 10.7. The van der Waals surface area contributed by atoms with Gasteiger partial charge in [0.05, 0.1) is 5.69 Å². The first-order valence-electron chi connectivity index (χ1n) is 6.01. The summed E-state index contributed by atoms with van der Waals surface area (Å²) in [5, 5.41) is 8.82. The van der Waals surface area contributed by atoms with Crippen LogP contribution in [0.1, 0.15) is 29.5 Å². The lowest BCUT2D eigenvalue weighted by atomic mass is 10.2. The van der Waals surface area contributed by atoms with Crippen LogP contribution in [0.3, 0.4) is 0 Å². The van der Waals surface area contributed by atoms with E-state index in [-0.39, 0.29) is 6.61 Å². The predicted molar refractivity (Wildman–Crippen MR) is 68.5 cm³/mol. The Kier molecular flexibility index (Phi) is 6.27. The van der Waals surface area contributed by atoms with Gasteiger partial charge in [-0.1, -0.05) is 13.0 Å². The second-order valence-electron chi connectivity index (χ2n) is 3.93. The molecule has 6 nitrogen and oxygen atoms in total. The molecule has 0 spiro atoms. The maximum Gasteiger partial charge on any atom is 0.283 e. The number of nitrogens with two attached hydrogens (primary N) is 1. The van der Waals surface area contributed by atoms with Crippen molar-refractivity contribution in [2.45, 2.75) is 19.9 Å². The monoisotopic (exact) mass is 252 g/mol. The zero-order chi connectivity index (χ0) is 13.4. The third kappa shape index (κ3) is 4.40. The number of rotatable bonds is 7. The van der Waals surface area contributed by atoms with E-state index in [1.165, 1.54) is 0 Å². The molecule has 0 saturated heterocycles. The average molecular weight is 252 g/mol. The fourth-order valence-electron chi connectivity index (χ4n) is 1.64. The molecule has 6 heteroatoms. The first-order chi connectivity index (χ1) is 8.71. The van der Waals surface area contributed by atoms with E-state index in [2.05, 4.69) is 15.3 Å². The van der Waals surface area contributed by atoms with Crippen LogP contribution < -0.4 is 11.3 Å². The summed E-state index contributed by atoms with van der Waals surface area (Å²) in [7, 11) is 0. The second-order valence-corrected chi connectivity index (χ2v) is 3.93. The Labute approximate surface area is 107 Å². The number of aromatic nitrogens is 1. The van der Waals surface area contributed by atoms with Crippen LogP contribution in [-0.4, -0.2) is 40.6 Å². The Bertz CT molecular complexity index is 384. The molecule has 0 aromatic carbocycles. The van der Waals surface area contributed by atoms with Crippen LogP contribution in [0.15, 0.2) is 18.2 Å². The van der Waals surface area contributed by atoms with Gasteiger partial charge in [0.15, 0.2) is 0 Å². The molecular weight excluding hydrogens is 232 g/mol. The topological polar surface area (TPSA) is 91.5 Å². The number of carbonyl (C=O) groups excluding carboxylic acids is 1. The molecule has 0 unspecified atom stereocenters. The van der Waals surface area contributed by atoms with Crippen LogP contribution in [0.25, 0.3) is 0 Å². The number of nitrogens with one attached hydrogen (secondary N) is 1. The Balaban J connectivity index is 2.68. The van der Waals surface area contributed by atoms with Crippen molar-refractivity contribution in [1.29, 1.82) is 0 Å². The molecule has 0 fully saturated rings. The number of amides is 1. The van der Waals surface area contributed by atoms with Crippen molar-refractivity contribution in [1.82, 2.24) is 15.3 Å². The minimum atomic E-state index is -0.393. The van der Waals surface area contributed by atoms with E-state index in [9.17, 15) is 4.79 Å². The number of nitrogens with zero attached hydrogens (tertiary/aromatic N) is 2. The van der Waals surface area contributed by atoms with E-state index in [0.717, 1.165) is 25.2 Å². The summed E-state index contributed by atoms with van der Waals surface area (Å²) in [6, 6.07) is 5.28. The first kappa shape index (κ1) is 14.6. The molecule has 1 heterocycles. The van der Waals surface area contributed by atoms with Gasteiger partial charge in [-0.3, -0.25) is 15.1 Å². The molecule has 0 atom stereocenters. The summed E-state index contributed by atoms with van der Waals surface area (Å²) < 4.78 is 0. The van der Waals surface area contributed by atoms with Crippen molar-refractivity contribution < 1.29 is 9.90 Å². The molecular formula is C12H20N4O2. The number of hydrogen-bond donors (Lipinski definition) is 3. The van der Waals surface area contributed by atoms with E-state index in [1.807, 2.05) is 13.0 Å². The van der Waals surface area contributed by atoms with Crippen LogP contribution in [-0.2, 0) is 6.54 Å². The summed E-state index contributed by atoms with van der Waals surface area (Å²) in [6.07, 6.45) is 0.733. The predicted octanol–water partition coefficient (Wildman–Crippen LogP) is -0.111. The molecule has 1 aromatic rings. The molecule has 18 heavy (non-hydrogen) atoms. The number of pyridine rings is 1. The SMILES string of the molecule is CCN(CCCO)Cc1cccc(C(=O)NN)n1. The quantitative estimate of drug-likeness (QED) is 0.358. The first-order valence-corrected chi connectivity index (χ1v) is 6.01. The summed E-state index contributed by atoms with van der Waals surface area (Å²) in [5.41, 5.74) is 3.19. The highest BCUT2D eigenvalue weighted by molar-refractivity contribution is 5.91. The van der Waals surface area contributed by atoms with E-state index >= 15 is 0 Å². The number of carbonyl (C=O) groups is 1. The Morgan fingerprint density at radius 2 is 2.33 bits per heavy atom. The van der Waals surface area contributed by atoms with Crippen LogP contribution >= 0.6 is 0 Å². The Morgan fingerprint density at radius 3 is 2.94 bits per heavy atom. The number of aliphatic hydroxyl groups is 1. The van der Waals surface area contributed by atoms with Crippen LogP contribution in [0.4, 0.5) is 0 Å². The second kappa shape index (κ2) is 7.75. The molecule has 4 N–H and O–H groups in total. The summed E-state index contributed by atoms with van der Waals surface area (Å²) in [4.78, 5) is 17.7. The van der Waals surface area contributed by atoms with Gasteiger partial charge >= 0.3 is 0 Å². The third-order valence-corrected chi connectivity index (χ3v) is 2.64. The minimum Gasteiger partial charge on any atom is -0.396 e. The summed E-state index contributed by atoms with van der Waals surface area (Å²) in [6.45, 7) is 4.56. The third-order valence-electron chi connectivity index (χ3n) is 2.64. The molecule has 0 aliphatic carbocycles. The van der Waals surface area contributed by atoms with Gasteiger partial charge in [0.25, 0.3) is 5.91 Å². The van der Waals surface area contributed by atoms with Gasteiger partial charge < -0.3 is 5.11 Å². The smallest absolute Gasteiger partial charge is 0.283 e.